The first-order chi connectivity index (χ1) is 13.0. The molecule has 1 fully saturated rings. The number of ether oxygens (including phenoxy) is 1. The van der Waals surface area contributed by atoms with Crippen LogP contribution in [0.1, 0.15) is 28.8 Å². The van der Waals surface area contributed by atoms with E-state index in [9.17, 15) is 9.59 Å². The fourth-order valence-corrected chi connectivity index (χ4v) is 3.36. The molecule has 5 nitrogen and oxygen atoms in total. The Labute approximate surface area is 164 Å². The first kappa shape index (κ1) is 19.2. The second kappa shape index (κ2) is 8.44. The minimum Gasteiger partial charge on any atom is -0.497 e. The van der Waals surface area contributed by atoms with Crippen molar-refractivity contribution >= 4 is 29.1 Å². The smallest absolute Gasteiger partial charge is 0.253 e. The monoisotopic (exact) mass is 386 g/mol. The minimum absolute atomic E-state index is 0.0122. The summed E-state index contributed by atoms with van der Waals surface area (Å²) in [6.07, 6.45) is 1.29. The SMILES string of the molecule is COc1ccc(C(=O)N2CCC(C(=O)Nc3ccc(C)c(Cl)c3)CC2)cc1. The Bertz CT molecular complexity index is 828. The standard InChI is InChI=1S/C21H23ClN2O3/c1-14-3-6-17(13-19(14)22)23-20(25)15-9-11-24(12-10-15)21(26)16-4-7-18(27-2)8-5-16/h3-8,13,15H,9-12H2,1-2H3,(H,23,25). The second-order valence-electron chi connectivity index (χ2n) is 6.75. The maximum atomic E-state index is 12.6. The molecule has 2 aromatic rings. The van der Waals surface area contributed by atoms with Gasteiger partial charge >= 0.3 is 0 Å². The highest BCUT2D eigenvalue weighted by Crippen LogP contribution is 2.24. The summed E-state index contributed by atoms with van der Waals surface area (Å²) in [5, 5.41) is 3.56. The van der Waals surface area contributed by atoms with E-state index in [1.54, 1.807) is 42.3 Å². The number of aryl methyl sites for hydroxylation is 1. The van der Waals surface area contributed by atoms with Crippen LogP contribution >= 0.6 is 11.6 Å². The van der Waals surface area contributed by atoms with Gasteiger partial charge < -0.3 is 15.0 Å². The van der Waals surface area contributed by atoms with Crippen LogP contribution in [-0.2, 0) is 4.79 Å². The molecule has 0 spiro atoms. The average Bonchev–Trinajstić information content (AvgIpc) is 2.70. The summed E-state index contributed by atoms with van der Waals surface area (Å²) in [5.74, 6) is 0.580. The van der Waals surface area contributed by atoms with Crippen LogP contribution in [0.25, 0.3) is 0 Å². The van der Waals surface area contributed by atoms with Crippen molar-refractivity contribution < 1.29 is 14.3 Å². The lowest BCUT2D eigenvalue weighted by Crippen LogP contribution is -2.41. The molecule has 0 bridgehead atoms. The molecule has 2 amide bonds. The van der Waals surface area contributed by atoms with Gasteiger partial charge in [0.05, 0.1) is 7.11 Å². The van der Waals surface area contributed by atoms with E-state index in [0.717, 1.165) is 11.3 Å². The topological polar surface area (TPSA) is 58.6 Å². The van der Waals surface area contributed by atoms with Crippen LogP contribution in [0.15, 0.2) is 42.5 Å². The zero-order valence-corrected chi connectivity index (χ0v) is 16.3. The molecule has 142 valence electrons. The molecule has 3 rings (SSSR count). The first-order valence-electron chi connectivity index (χ1n) is 8.98. The molecule has 0 radical (unpaired) electrons. The third kappa shape index (κ3) is 4.61. The number of nitrogens with zero attached hydrogens (tertiary/aromatic N) is 1. The van der Waals surface area contributed by atoms with Gasteiger partial charge in [-0.15, -0.1) is 0 Å². The molecule has 1 N–H and O–H groups in total. The Morgan fingerprint density at radius 3 is 2.37 bits per heavy atom. The highest BCUT2D eigenvalue weighted by molar-refractivity contribution is 6.31. The van der Waals surface area contributed by atoms with E-state index < -0.39 is 0 Å². The molecule has 1 aliphatic heterocycles. The molecule has 0 unspecified atom stereocenters. The molecular weight excluding hydrogens is 364 g/mol. The van der Waals surface area contributed by atoms with Crippen molar-refractivity contribution in [3.8, 4) is 5.75 Å². The highest BCUT2D eigenvalue weighted by Gasteiger charge is 2.28. The predicted octanol–water partition coefficient (Wildman–Crippen LogP) is 4.15. The molecule has 0 aliphatic carbocycles. The number of nitrogens with one attached hydrogen (secondary N) is 1. The lowest BCUT2D eigenvalue weighted by molar-refractivity contribution is -0.121. The number of hydrogen-bond acceptors (Lipinski definition) is 3. The predicted molar refractivity (Wildman–Crippen MR) is 106 cm³/mol. The molecule has 0 saturated carbocycles. The average molecular weight is 387 g/mol. The van der Waals surface area contributed by atoms with Crippen LogP contribution in [0.5, 0.6) is 5.75 Å². The van der Waals surface area contributed by atoms with Crippen molar-refractivity contribution in [2.45, 2.75) is 19.8 Å². The summed E-state index contributed by atoms with van der Waals surface area (Å²) in [4.78, 5) is 26.9. The maximum Gasteiger partial charge on any atom is 0.253 e. The lowest BCUT2D eigenvalue weighted by Gasteiger charge is -2.31. The van der Waals surface area contributed by atoms with E-state index >= 15 is 0 Å². The van der Waals surface area contributed by atoms with Gasteiger partial charge in [-0.1, -0.05) is 17.7 Å². The quantitative estimate of drug-likeness (QED) is 0.858. The molecule has 1 aliphatic rings. The molecule has 1 saturated heterocycles. The van der Waals surface area contributed by atoms with Crippen molar-refractivity contribution in [3.63, 3.8) is 0 Å². The lowest BCUT2D eigenvalue weighted by atomic mass is 9.95. The van der Waals surface area contributed by atoms with E-state index in [-0.39, 0.29) is 17.7 Å². The van der Waals surface area contributed by atoms with Gasteiger partial charge in [-0.2, -0.15) is 0 Å². The highest BCUT2D eigenvalue weighted by atomic mass is 35.5. The molecule has 0 atom stereocenters. The van der Waals surface area contributed by atoms with E-state index in [4.69, 9.17) is 16.3 Å². The first-order valence-corrected chi connectivity index (χ1v) is 9.36. The zero-order valence-electron chi connectivity index (χ0n) is 15.5. The Morgan fingerprint density at radius 1 is 1.11 bits per heavy atom. The van der Waals surface area contributed by atoms with Gasteiger partial charge in [0, 0.05) is 35.3 Å². The van der Waals surface area contributed by atoms with Gasteiger partial charge in [0.2, 0.25) is 5.91 Å². The Balaban J connectivity index is 1.55. The Kier molecular flexibility index (Phi) is 6.01. The second-order valence-corrected chi connectivity index (χ2v) is 7.16. The number of likely N-dealkylation sites (tertiary alicyclic amines) is 1. The summed E-state index contributed by atoms with van der Waals surface area (Å²) in [6, 6.07) is 12.6. The molecule has 2 aromatic carbocycles. The summed E-state index contributed by atoms with van der Waals surface area (Å²) >= 11 is 6.11. The third-order valence-electron chi connectivity index (χ3n) is 4.93. The number of halogens is 1. The van der Waals surface area contributed by atoms with E-state index in [2.05, 4.69) is 5.32 Å². The molecule has 6 heteroatoms. The number of amides is 2. The third-order valence-corrected chi connectivity index (χ3v) is 5.34. The van der Waals surface area contributed by atoms with Gasteiger partial charge in [-0.25, -0.2) is 0 Å². The van der Waals surface area contributed by atoms with Crippen LogP contribution < -0.4 is 10.1 Å². The van der Waals surface area contributed by atoms with Crippen molar-refractivity contribution in [1.29, 1.82) is 0 Å². The number of carbonyl (C=O) groups excluding carboxylic acids is 2. The fourth-order valence-electron chi connectivity index (χ4n) is 3.18. The summed E-state index contributed by atoms with van der Waals surface area (Å²) in [7, 11) is 1.59. The van der Waals surface area contributed by atoms with Crippen molar-refractivity contribution in [2.75, 3.05) is 25.5 Å². The molecular formula is C21H23ClN2O3. The van der Waals surface area contributed by atoms with Crippen LogP contribution in [0, 0.1) is 12.8 Å². The number of rotatable bonds is 4. The van der Waals surface area contributed by atoms with Crippen molar-refractivity contribution in [1.82, 2.24) is 4.90 Å². The molecule has 0 aromatic heterocycles. The van der Waals surface area contributed by atoms with Crippen molar-refractivity contribution in [2.24, 2.45) is 5.92 Å². The fraction of sp³-hybridized carbons (Fsp3) is 0.333. The maximum absolute atomic E-state index is 12.6. The summed E-state index contributed by atoms with van der Waals surface area (Å²) < 4.78 is 5.12. The molecule has 27 heavy (non-hydrogen) atoms. The van der Waals surface area contributed by atoms with Gasteiger partial charge in [-0.3, -0.25) is 9.59 Å². The Hall–Kier alpha value is -2.53. The molecule has 1 heterocycles. The number of hydrogen-bond donors (Lipinski definition) is 1. The summed E-state index contributed by atoms with van der Waals surface area (Å²) in [6.45, 7) is 3.05. The number of anilines is 1. The largest absolute Gasteiger partial charge is 0.497 e. The van der Waals surface area contributed by atoms with Gasteiger partial charge in [0.1, 0.15) is 5.75 Å². The summed E-state index contributed by atoms with van der Waals surface area (Å²) in [5.41, 5.74) is 2.31. The van der Waals surface area contributed by atoms with Crippen LogP contribution in [0.2, 0.25) is 5.02 Å². The van der Waals surface area contributed by atoms with Gasteiger partial charge in [0.25, 0.3) is 5.91 Å². The zero-order chi connectivity index (χ0) is 19.4. The van der Waals surface area contributed by atoms with Crippen LogP contribution in [-0.4, -0.2) is 36.9 Å². The van der Waals surface area contributed by atoms with E-state index in [1.165, 1.54) is 0 Å². The van der Waals surface area contributed by atoms with Crippen LogP contribution in [0.4, 0.5) is 5.69 Å². The normalized spacial score (nSPS) is 14.7. The van der Waals surface area contributed by atoms with Gasteiger partial charge in [-0.05, 0) is 61.7 Å². The number of benzene rings is 2. The van der Waals surface area contributed by atoms with E-state index in [1.807, 2.05) is 19.1 Å². The van der Waals surface area contributed by atoms with Gasteiger partial charge in [0.15, 0.2) is 0 Å². The number of carbonyl (C=O) groups is 2. The Morgan fingerprint density at radius 2 is 1.78 bits per heavy atom. The number of piperidine rings is 1. The number of methoxy groups -OCH3 is 1. The van der Waals surface area contributed by atoms with Crippen molar-refractivity contribution in [3.05, 3.63) is 58.6 Å². The van der Waals surface area contributed by atoms with E-state index in [0.29, 0.717) is 42.2 Å². The van der Waals surface area contributed by atoms with Crippen LogP contribution in [0.3, 0.4) is 0 Å². The minimum atomic E-state index is -0.106.